The highest BCUT2D eigenvalue weighted by Crippen LogP contribution is 2.14. The van der Waals surface area contributed by atoms with Crippen molar-refractivity contribution in [3.05, 3.63) is 12.3 Å². The summed E-state index contributed by atoms with van der Waals surface area (Å²) < 4.78 is 0. The topological polar surface area (TPSA) is 20.2 Å². The molecule has 0 radical (unpaired) electrons. The van der Waals surface area contributed by atoms with Gasteiger partial charge in [-0.1, -0.05) is 129 Å². The monoisotopic (exact) mass is 338 g/mol. The van der Waals surface area contributed by atoms with Gasteiger partial charge >= 0.3 is 0 Å². The lowest BCUT2D eigenvalue weighted by Crippen LogP contribution is -1.84. The number of aliphatic hydroxyl groups is 1. The van der Waals surface area contributed by atoms with Crippen LogP contribution in [0.4, 0.5) is 0 Å². The molecule has 0 saturated carbocycles. The average Bonchev–Trinajstić information content (AvgIpc) is 2.60. The van der Waals surface area contributed by atoms with E-state index in [2.05, 4.69) is 6.92 Å². The average molecular weight is 339 g/mol. The van der Waals surface area contributed by atoms with E-state index in [4.69, 9.17) is 5.11 Å². The molecule has 0 aliphatic carbocycles. The number of unbranched alkanes of at least 4 members (excludes halogenated alkanes) is 19. The third kappa shape index (κ3) is 21.5. The molecule has 24 heavy (non-hydrogen) atoms. The summed E-state index contributed by atoms with van der Waals surface area (Å²) >= 11 is 0. The third-order valence-corrected chi connectivity index (χ3v) is 5.08. The summed E-state index contributed by atoms with van der Waals surface area (Å²) in [7, 11) is 0. The largest absolute Gasteiger partial charge is 0.516 e. The van der Waals surface area contributed by atoms with E-state index < -0.39 is 0 Å². The van der Waals surface area contributed by atoms with Crippen molar-refractivity contribution in [2.24, 2.45) is 0 Å². The predicted octanol–water partition coefficient (Wildman–Crippen LogP) is 8.88. The zero-order valence-corrected chi connectivity index (χ0v) is 16.7. The van der Waals surface area contributed by atoms with Crippen molar-refractivity contribution in [2.75, 3.05) is 0 Å². The van der Waals surface area contributed by atoms with E-state index in [0.29, 0.717) is 0 Å². The lowest BCUT2D eigenvalue weighted by molar-refractivity contribution is 0.469. The molecule has 0 heterocycles. The Labute approximate surface area is 153 Å². The molecule has 1 heteroatoms. The minimum Gasteiger partial charge on any atom is -0.516 e. The summed E-state index contributed by atoms with van der Waals surface area (Å²) in [4.78, 5) is 0. The first-order chi connectivity index (χ1) is 11.9. The molecule has 0 rings (SSSR count). The van der Waals surface area contributed by atoms with Crippen molar-refractivity contribution in [1.29, 1.82) is 0 Å². The smallest absolute Gasteiger partial charge is 0.0751 e. The van der Waals surface area contributed by atoms with Crippen molar-refractivity contribution < 1.29 is 5.11 Å². The Hall–Kier alpha value is -0.460. The SMILES string of the molecule is CCCCCCCCCCCCCCCCCCCCCC=CO. The van der Waals surface area contributed by atoms with Gasteiger partial charge in [0.05, 0.1) is 6.26 Å². The number of hydrogen-bond acceptors (Lipinski definition) is 1. The summed E-state index contributed by atoms with van der Waals surface area (Å²) in [6.45, 7) is 2.29. The Morgan fingerprint density at radius 1 is 0.458 bits per heavy atom. The predicted molar refractivity (Wildman–Crippen MR) is 110 cm³/mol. The highest BCUT2D eigenvalue weighted by atomic mass is 16.2. The molecule has 0 aromatic rings. The Morgan fingerprint density at radius 3 is 1.04 bits per heavy atom. The Bertz CT molecular complexity index is 234. The molecular weight excluding hydrogens is 292 g/mol. The molecule has 1 nitrogen and oxygen atoms in total. The molecule has 0 amide bonds. The second-order valence-electron chi connectivity index (χ2n) is 7.54. The van der Waals surface area contributed by atoms with Crippen LogP contribution in [-0.2, 0) is 0 Å². The van der Waals surface area contributed by atoms with Gasteiger partial charge in [0.25, 0.3) is 0 Å². The normalized spacial score (nSPS) is 11.5. The summed E-state index contributed by atoms with van der Waals surface area (Å²) in [5.74, 6) is 0. The number of aliphatic hydroxyl groups excluding tert-OH is 1. The Kier molecular flexibility index (Phi) is 22.1. The molecule has 0 aliphatic rings. The van der Waals surface area contributed by atoms with Gasteiger partial charge in [0.2, 0.25) is 0 Å². The fourth-order valence-corrected chi connectivity index (χ4v) is 3.42. The summed E-state index contributed by atoms with van der Waals surface area (Å²) in [5.41, 5.74) is 0. The van der Waals surface area contributed by atoms with Crippen molar-refractivity contribution in [1.82, 2.24) is 0 Å². The van der Waals surface area contributed by atoms with Gasteiger partial charge in [0, 0.05) is 0 Å². The van der Waals surface area contributed by atoms with Crippen LogP contribution in [0.5, 0.6) is 0 Å². The summed E-state index contributed by atoms with van der Waals surface area (Å²) in [5, 5.41) is 8.54. The van der Waals surface area contributed by atoms with Crippen LogP contribution in [0.2, 0.25) is 0 Å². The van der Waals surface area contributed by atoms with Crippen LogP contribution in [0.3, 0.4) is 0 Å². The summed E-state index contributed by atoms with van der Waals surface area (Å²) in [6.07, 6.45) is 31.2. The van der Waals surface area contributed by atoms with E-state index >= 15 is 0 Å². The van der Waals surface area contributed by atoms with Gasteiger partial charge in [-0.05, 0) is 12.8 Å². The van der Waals surface area contributed by atoms with Gasteiger partial charge in [-0.15, -0.1) is 0 Å². The van der Waals surface area contributed by atoms with E-state index in [9.17, 15) is 0 Å². The lowest BCUT2D eigenvalue weighted by atomic mass is 10.0. The van der Waals surface area contributed by atoms with Crippen molar-refractivity contribution in [2.45, 2.75) is 135 Å². The first-order valence-corrected chi connectivity index (χ1v) is 11.2. The highest BCUT2D eigenvalue weighted by Gasteiger charge is 1.95. The third-order valence-electron chi connectivity index (χ3n) is 5.08. The van der Waals surface area contributed by atoms with Crippen LogP contribution in [-0.4, -0.2) is 5.11 Å². The van der Waals surface area contributed by atoms with E-state index in [1.54, 1.807) is 0 Å². The molecule has 0 bridgehead atoms. The number of hydrogen-bond donors (Lipinski definition) is 1. The van der Waals surface area contributed by atoms with Crippen LogP contribution in [0.1, 0.15) is 135 Å². The van der Waals surface area contributed by atoms with Crippen molar-refractivity contribution in [3.63, 3.8) is 0 Å². The molecule has 0 aliphatic heterocycles. The lowest BCUT2D eigenvalue weighted by Gasteiger charge is -2.03. The maximum absolute atomic E-state index is 8.54. The molecule has 0 atom stereocenters. The Morgan fingerprint density at radius 2 is 0.750 bits per heavy atom. The van der Waals surface area contributed by atoms with E-state index in [1.165, 1.54) is 128 Å². The molecular formula is C23H46O. The molecule has 144 valence electrons. The standard InChI is InChI=1S/C23H46O/c1-2-3-4-5-6-7-8-9-10-11-12-13-14-15-16-17-18-19-20-21-22-23-24/h22-24H,2-21H2,1H3. The molecule has 0 fully saturated rings. The van der Waals surface area contributed by atoms with Crippen LogP contribution >= 0.6 is 0 Å². The fraction of sp³-hybridized carbons (Fsp3) is 0.913. The maximum Gasteiger partial charge on any atom is 0.0751 e. The van der Waals surface area contributed by atoms with Crippen LogP contribution < -0.4 is 0 Å². The highest BCUT2D eigenvalue weighted by molar-refractivity contribution is 4.70. The van der Waals surface area contributed by atoms with Gasteiger partial charge < -0.3 is 5.11 Å². The molecule has 0 aromatic carbocycles. The van der Waals surface area contributed by atoms with Crippen LogP contribution in [0.25, 0.3) is 0 Å². The second kappa shape index (κ2) is 22.5. The van der Waals surface area contributed by atoms with Crippen molar-refractivity contribution in [3.8, 4) is 0 Å². The minimum atomic E-state index is 1.04. The van der Waals surface area contributed by atoms with E-state index in [0.717, 1.165) is 6.42 Å². The first kappa shape index (κ1) is 23.5. The zero-order chi connectivity index (χ0) is 17.6. The summed E-state index contributed by atoms with van der Waals surface area (Å²) in [6, 6.07) is 0. The van der Waals surface area contributed by atoms with Crippen molar-refractivity contribution >= 4 is 0 Å². The second-order valence-corrected chi connectivity index (χ2v) is 7.54. The molecule has 0 aromatic heterocycles. The van der Waals surface area contributed by atoms with E-state index in [1.807, 2.05) is 6.08 Å². The Balaban J connectivity index is 2.95. The minimum absolute atomic E-state index is 1.04. The van der Waals surface area contributed by atoms with Crippen LogP contribution in [0, 0.1) is 0 Å². The van der Waals surface area contributed by atoms with Gasteiger partial charge in [-0.25, -0.2) is 0 Å². The van der Waals surface area contributed by atoms with E-state index in [-0.39, 0.29) is 0 Å². The molecule has 1 N–H and O–H groups in total. The van der Waals surface area contributed by atoms with Gasteiger partial charge in [0.1, 0.15) is 0 Å². The zero-order valence-electron chi connectivity index (χ0n) is 16.7. The van der Waals surface area contributed by atoms with Gasteiger partial charge in [-0.2, -0.15) is 0 Å². The maximum atomic E-state index is 8.54. The first-order valence-electron chi connectivity index (χ1n) is 11.2. The molecule has 0 saturated heterocycles. The van der Waals surface area contributed by atoms with Gasteiger partial charge in [0.15, 0.2) is 0 Å². The number of allylic oxidation sites excluding steroid dienone is 1. The molecule has 0 unspecified atom stereocenters. The van der Waals surface area contributed by atoms with Gasteiger partial charge in [-0.3, -0.25) is 0 Å². The van der Waals surface area contributed by atoms with Crippen LogP contribution in [0.15, 0.2) is 12.3 Å². The quantitative estimate of drug-likeness (QED) is 0.173. The molecule has 0 spiro atoms. The number of rotatable bonds is 20. The fourth-order valence-electron chi connectivity index (χ4n) is 3.42.